The molecule has 1 aliphatic heterocycles. The first kappa shape index (κ1) is 28.0. The van der Waals surface area contributed by atoms with Gasteiger partial charge < -0.3 is 14.4 Å². The van der Waals surface area contributed by atoms with Crippen molar-refractivity contribution in [2.24, 2.45) is 5.92 Å². The maximum absolute atomic E-state index is 13.8. The summed E-state index contributed by atoms with van der Waals surface area (Å²) < 4.78 is 11.2. The highest BCUT2D eigenvalue weighted by Crippen LogP contribution is 2.48. The normalized spacial score (nSPS) is 17.5. The predicted octanol–water partition coefficient (Wildman–Crippen LogP) is 7.74. The van der Waals surface area contributed by atoms with Crippen LogP contribution in [0.4, 0.5) is 9.59 Å². The summed E-state index contributed by atoms with van der Waals surface area (Å²) in [6.07, 6.45) is 1.55. The van der Waals surface area contributed by atoms with Gasteiger partial charge in [-0.3, -0.25) is 4.90 Å². The average molecular weight is 561 g/mol. The molecular weight excluding hydrogens is 524 g/mol. The Kier molecular flexibility index (Phi) is 8.09. The molecule has 0 N–H and O–H groups in total. The quantitative estimate of drug-likeness (QED) is 0.320. The number of hydrogen-bond donors (Lipinski definition) is 0. The number of nitrogens with zero attached hydrogens (tertiary/aromatic N) is 2. The Morgan fingerprint density at radius 2 is 1.65 bits per heavy atom. The van der Waals surface area contributed by atoms with Crippen LogP contribution >= 0.6 is 11.6 Å². The minimum absolute atomic E-state index is 0.000672. The molecular formula is C33H37ClN2O4. The van der Waals surface area contributed by atoms with Crippen molar-refractivity contribution in [1.82, 2.24) is 9.80 Å². The number of piperidine rings is 1. The minimum atomic E-state index is -0.584. The van der Waals surface area contributed by atoms with Gasteiger partial charge >= 0.3 is 12.2 Å². The van der Waals surface area contributed by atoms with Gasteiger partial charge in [0.15, 0.2) is 0 Å². The Bertz CT molecular complexity index is 1340. The summed E-state index contributed by atoms with van der Waals surface area (Å²) in [5, 5.41) is 0.649. The van der Waals surface area contributed by atoms with Gasteiger partial charge in [-0.25, -0.2) is 9.59 Å². The molecule has 2 unspecified atom stereocenters. The number of likely N-dealkylation sites (tertiary alicyclic amines) is 1. The molecule has 0 radical (unpaired) electrons. The van der Waals surface area contributed by atoms with E-state index < -0.39 is 11.7 Å². The van der Waals surface area contributed by atoms with Crippen LogP contribution < -0.4 is 0 Å². The van der Waals surface area contributed by atoms with Crippen molar-refractivity contribution in [3.63, 3.8) is 0 Å². The van der Waals surface area contributed by atoms with E-state index in [4.69, 9.17) is 21.1 Å². The van der Waals surface area contributed by atoms with E-state index in [1.165, 1.54) is 7.11 Å². The van der Waals surface area contributed by atoms with Gasteiger partial charge in [0.2, 0.25) is 0 Å². The molecule has 0 aromatic heterocycles. The molecule has 2 aliphatic rings. The Balaban J connectivity index is 1.58. The molecule has 5 rings (SSSR count). The molecule has 2 atom stereocenters. The van der Waals surface area contributed by atoms with E-state index in [1.807, 2.05) is 74.2 Å². The number of benzene rings is 3. The number of amides is 2. The maximum Gasteiger partial charge on any atom is 0.410 e. The van der Waals surface area contributed by atoms with E-state index in [9.17, 15) is 9.59 Å². The zero-order chi connectivity index (χ0) is 28.4. The van der Waals surface area contributed by atoms with E-state index >= 15 is 0 Å². The van der Waals surface area contributed by atoms with Gasteiger partial charge in [0, 0.05) is 24.2 Å². The lowest BCUT2D eigenvalue weighted by Crippen LogP contribution is -2.53. The van der Waals surface area contributed by atoms with Crippen molar-refractivity contribution >= 4 is 23.8 Å². The monoisotopic (exact) mass is 560 g/mol. The number of ether oxygens (including phenoxy) is 2. The fourth-order valence-electron chi connectivity index (χ4n) is 6.18. The molecule has 0 saturated carbocycles. The largest absolute Gasteiger partial charge is 0.453 e. The van der Waals surface area contributed by atoms with Crippen LogP contribution in [0.15, 0.2) is 72.8 Å². The summed E-state index contributed by atoms with van der Waals surface area (Å²) in [6.45, 7) is 6.75. The number of carbonyl (C=O) groups is 2. The van der Waals surface area contributed by atoms with Crippen molar-refractivity contribution in [1.29, 1.82) is 0 Å². The van der Waals surface area contributed by atoms with Gasteiger partial charge in [0.1, 0.15) is 5.60 Å². The number of halogens is 1. The molecule has 6 nitrogen and oxygen atoms in total. The average Bonchev–Trinajstić information content (AvgIpc) is 3.26. The molecule has 1 saturated heterocycles. The Morgan fingerprint density at radius 1 is 1.00 bits per heavy atom. The second-order valence-corrected chi connectivity index (χ2v) is 12.1. The van der Waals surface area contributed by atoms with Crippen molar-refractivity contribution in [2.45, 2.75) is 57.7 Å². The topological polar surface area (TPSA) is 59.1 Å². The van der Waals surface area contributed by atoms with Gasteiger partial charge in [0.25, 0.3) is 0 Å². The van der Waals surface area contributed by atoms with Gasteiger partial charge in [-0.1, -0.05) is 72.3 Å². The number of carbonyl (C=O) groups excluding carboxylic acids is 2. The second-order valence-electron chi connectivity index (χ2n) is 11.7. The minimum Gasteiger partial charge on any atom is -0.453 e. The second kappa shape index (κ2) is 11.5. The zero-order valence-corrected chi connectivity index (χ0v) is 24.4. The van der Waals surface area contributed by atoms with E-state index in [0.29, 0.717) is 24.5 Å². The molecule has 0 spiro atoms. The number of methoxy groups -OCH3 is 1. The molecule has 0 bridgehead atoms. The van der Waals surface area contributed by atoms with Gasteiger partial charge in [0.05, 0.1) is 13.2 Å². The van der Waals surface area contributed by atoms with Gasteiger partial charge in [-0.2, -0.15) is 0 Å². The van der Waals surface area contributed by atoms with Crippen LogP contribution in [0.1, 0.15) is 56.3 Å². The van der Waals surface area contributed by atoms with Crippen molar-refractivity contribution in [3.05, 3.63) is 94.5 Å². The zero-order valence-electron chi connectivity index (χ0n) is 23.6. The smallest absolute Gasteiger partial charge is 0.410 e. The lowest BCUT2D eigenvalue weighted by Gasteiger charge is -2.44. The van der Waals surface area contributed by atoms with Crippen LogP contribution in [0.3, 0.4) is 0 Å². The SMILES string of the molecule is COC(=O)N(C1c2ccccc2-c2ccccc21)C(Cc1cccc(Cl)c1)C1CCCN(C(=O)OC(C)(C)C)C1. The first-order valence-electron chi connectivity index (χ1n) is 13.9. The number of rotatable bonds is 5. The summed E-state index contributed by atoms with van der Waals surface area (Å²) in [7, 11) is 1.44. The summed E-state index contributed by atoms with van der Waals surface area (Å²) >= 11 is 6.40. The molecule has 1 heterocycles. The van der Waals surface area contributed by atoms with Crippen LogP contribution in [-0.2, 0) is 15.9 Å². The van der Waals surface area contributed by atoms with Crippen molar-refractivity contribution in [3.8, 4) is 11.1 Å². The van der Waals surface area contributed by atoms with Crippen LogP contribution in [0.25, 0.3) is 11.1 Å². The van der Waals surface area contributed by atoms with Gasteiger partial charge in [-0.15, -0.1) is 0 Å². The fraction of sp³-hybridized carbons (Fsp3) is 0.394. The third kappa shape index (κ3) is 5.83. The lowest BCUT2D eigenvalue weighted by atomic mass is 9.84. The van der Waals surface area contributed by atoms with Gasteiger partial charge in [-0.05, 0) is 85.9 Å². The molecule has 3 aromatic carbocycles. The third-order valence-electron chi connectivity index (χ3n) is 7.81. The summed E-state index contributed by atoms with van der Waals surface area (Å²) in [5.41, 5.74) is 4.84. The maximum atomic E-state index is 13.8. The Labute approximate surface area is 241 Å². The summed E-state index contributed by atoms with van der Waals surface area (Å²) in [6, 6.07) is 23.7. The molecule has 3 aromatic rings. The van der Waals surface area contributed by atoms with Crippen molar-refractivity contribution in [2.75, 3.05) is 20.2 Å². The van der Waals surface area contributed by atoms with Crippen molar-refractivity contribution < 1.29 is 19.1 Å². The highest BCUT2D eigenvalue weighted by molar-refractivity contribution is 6.30. The molecule has 40 heavy (non-hydrogen) atoms. The molecule has 2 amide bonds. The van der Waals surface area contributed by atoms with E-state index in [0.717, 1.165) is 40.7 Å². The molecule has 7 heteroatoms. The highest BCUT2D eigenvalue weighted by Gasteiger charge is 2.43. The predicted molar refractivity (Wildman–Crippen MR) is 157 cm³/mol. The number of fused-ring (bicyclic) bond motifs is 3. The van der Waals surface area contributed by atoms with E-state index in [1.54, 1.807) is 4.90 Å². The lowest BCUT2D eigenvalue weighted by molar-refractivity contribution is 0.00650. The summed E-state index contributed by atoms with van der Waals surface area (Å²) in [5.74, 6) is -0.000672. The first-order valence-corrected chi connectivity index (χ1v) is 14.3. The summed E-state index contributed by atoms with van der Waals surface area (Å²) in [4.78, 5) is 30.6. The van der Waals surface area contributed by atoms with Crippen LogP contribution in [0.5, 0.6) is 0 Å². The highest BCUT2D eigenvalue weighted by atomic mass is 35.5. The van der Waals surface area contributed by atoms with Crippen LogP contribution in [0, 0.1) is 5.92 Å². The Morgan fingerprint density at radius 3 is 2.25 bits per heavy atom. The molecule has 1 fully saturated rings. The third-order valence-corrected chi connectivity index (χ3v) is 8.04. The molecule has 1 aliphatic carbocycles. The standard InChI is InChI=1S/C33H37ClN2O4/c1-33(2,3)40-31(37)35-18-10-12-23(21-35)29(20-22-11-9-13-24(34)19-22)36(32(38)39-4)30-27-16-7-5-14-25(27)26-15-6-8-17-28(26)30/h5-9,11,13-17,19,23,29-30H,10,12,18,20-21H2,1-4H3. The van der Waals surface area contributed by atoms with Crippen LogP contribution in [0.2, 0.25) is 5.02 Å². The molecule has 210 valence electrons. The Hall–Kier alpha value is -3.51. The van der Waals surface area contributed by atoms with E-state index in [2.05, 4.69) is 24.3 Å². The van der Waals surface area contributed by atoms with Crippen LogP contribution in [-0.4, -0.2) is 53.8 Å². The fourth-order valence-corrected chi connectivity index (χ4v) is 6.39. The number of hydrogen-bond acceptors (Lipinski definition) is 4. The first-order chi connectivity index (χ1) is 19.2. The van der Waals surface area contributed by atoms with E-state index in [-0.39, 0.29) is 24.1 Å².